The molecule has 2 aromatic carbocycles. The predicted octanol–water partition coefficient (Wildman–Crippen LogP) is 5.03. The number of fused-ring (bicyclic) bond motifs is 1. The van der Waals surface area contributed by atoms with Crippen molar-refractivity contribution in [3.05, 3.63) is 95.2 Å². The Balaban J connectivity index is 1.56. The van der Waals surface area contributed by atoms with Gasteiger partial charge in [-0.25, -0.2) is 4.98 Å². The highest BCUT2D eigenvalue weighted by atomic mass is 35.5. The van der Waals surface area contributed by atoms with Gasteiger partial charge in [0.05, 0.1) is 36.8 Å². The molecule has 0 atom stereocenters. The van der Waals surface area contributed by atoms with Crippen molar-refractivity contribution in [2.45, 2.75) is 6.54 Å². The van der Waals surface area contributed by atoms with Crippen LogP contribution in [0.2, 0.25) is 5.02 Å². The van der Waals surface area contributed by atoms with Gasteiger partial charge in [0.2, 0.25) is 11.7 Å². The summed E-state index contributed by atoms with van der Waals surface area (Å²) in [6.45, 7) is 0.581. The lowest BCUT2D eigenvalue weighted by Crippen LogP contribution is -2.00. The third kappa shape index (κ3) is 3.74. The molecule has 5 rings (SSSR count). The van der Waals surface area contributed by atoms with E-state index in [0.29, 0.717) is 34.3 Å². The molecule has 7 nitrogen and oxygen atoms in total. The molecule has 32 heavy (non-hydrogen) atoms. The van der Waals surface area contributed by atoms with Gasteiger partial charge in [-0.15, -0.1) is 0 Å². The highest BCUT2D eigenvalue weighted by molar-refractivity contribution is 6.30. The molecule has 5 aromatic rings. The molecule has 0 radical (unpaired) electrons. The summed E-state index contributed by atoms with van der Waals surface area (Å²) in [5.41, 5.74) is 3.12. The molecular formula is C24H17ClN4O3. The predicted molar refractivity (Wildman–Crippen MR) is 120 cm³/mol. The number of rotatable bonds is 6. The second-order valence-electron chi connectivity index (χ2n) is 7.17. The Morgan fingerprint density at radius 2 is 1.94 bits per heavy atom. The van der Waals surface area contributed by atoms with Gasteiger partial charge >= 0.3 is 0 Å². The molecule has 158 valence electrons. The van der Waals surface area contributed by atoms with E-state index in [4.69, 9.17) is 20.8 Å². The number of methoxy groups -OCH3 is 1. The normalized spacial score (nSPS) is 11.1. The lowest BCUT2D eigenvalue weighted by Gasteiger charge is -2.06. The summed E-state index contributed by atoms with van der Waals surface area (Å²) in [6, 6.07) is 15.0. The first-order chi connectivity index (χ1) is 15.6. The van der Waals surface area contributed by atoms with Gasteiger partial charge in [0.15, 0.2) is 5.76 Å². The maximum atomic E-state index is 13.4. The SMILES string of the molecule is COc1ccc2c(c1)c(C(=O)c1cnc(-c3ccnnc3)o1)cn2Cc1ccc(Cl)cc1. The molecular weight excluding hydrogens is 428 g/mol. The van der Waals surface area contributed by atoms with Crippen LogP contribution in [0.15, 0.2) is 77.7 Å². The maximum Gasteiger partial charge on any atom is 0.232 e. The van der Waals surface area contributed by atoms with Crippen LogP contribution in [0.3, 0.4) is 0 Å². The van der Waals surface area contributed by atoms with E-state index in [9.17, 15) is 4.79 Å². The number of carbonyl (C=O) groups excluding carboxylic acids is 1. The van der Waals surface area contributed by atoms with Gasteiger partial charge in [-0.2, -0.15) is 10.2 Å². The fraction of sp³-hybridized carbons (Fsp3) is 0.0833. The third-order valence-corrected chi connectivity index (χ3v) is 5.41. The van der Waals surface area contributed by atoms with Crippen molar-refractivity contribution in [3.8, 4) is 17.2 Å². The quantitative estimate of drug-likeness (QED) is 0.342. The van der Waals surface area contributed by atoms with Crippen molar-refractivity contribution in [1.29, 1.82) is 0 Å². The number of hydrogen-bond donors (Lipinski definition) is 0. The number of nitrogens with zero attached hydrogens (tertiary/aromatic N) is 4. The lowest BCUT2D eigenvalue weighted by atomic mass is 10.1. The van der Waals surface area contributed by atoms with Crippen LogP contribution in [0.1, 0.15) is 21.7 Å². The number of oxazole rings is 1. The van der Waals surface area contributed by atoms with E-state index in [1.165, 1.54) is 18.6 Å². The number of carbonyl (C=O) groups is 1. The monoisotopic (exact) mass is 444 g/mol. The summed E-state index contributed by atoms with van der Waals surface area (Å²) in [4.78, 5) is 17.6. The smallest absolute Gasteiger partial charge is 0.232 e. The van der Waals surface area contributed by atoms with Crippen molar-refractivity contribution in [2.75, 3.05) is 7.11 Å². The van der Waals surface area contributed by atoms with E-state index in [2.05, 4.69) is 15.2 Å². The van der Waals surface area contributed by atoms with Crippen LogP contribution in [-0.2, 0) is 6.54 Å². The topological polar surface area (TPSA) is 83.0 Å². The number of hydrogen-bond acceptors (Lipinski definition) is 6. The molecule has 0 aliphatic heterocycles. The summed E-state index contributed by atoms with van der Waals surface area (Å²) >= 11 is 6.01. The zero-order chi connectivity index (χ0) is 22.1. The Kier molecular flexibility index (Phi) is 5.17. The number of ketones is 1. The van der Waals surface area contributed by atoms with Crippen molar-refractivity contribution >= 4 is 28.3 Å². The Hall–Kier alpha value is -3.97. The van der Waals surface area contributed by atoms with E-state index in [1.807, 2.05) is 53.2 Å². The van der Waals surface area contributed by atoms with E-state index < -0.39 is 0 Å². The van der Waals surface area contributed by atoms with Crippen LogP contribution >= 0.6 is 11.6 Å². The second-order valence-corrected chi connectivity index (χ2v) is 7.61. The molecule has 3 heterocycles. The Morgan fingerprint density at radius 3 is 2.69 bits per heavy atom. The largest absolute Gasteiger partial charge is 0.497 e. The maximum absolute atomic E-state index is 13.4. The van der Waals surface area contributed by atoms with Gasteiger partial charge in [-0.3, -0.25) is 4.79 Å². The summed E-state index contributed by atoms with van der Waals surface area (Å²) < 4.78 is 13.2. The van der Waals surface area contributed by atoms with Crippen LogP contribution in [0, 0.1) is 0 Å². The minimum atomic E-state index is -0.265. The first-order valence-corrected chi connectivity index (χ1v) is 10.2. The van der Waals surface area contributed by atoms with Crippen LogP contribution in [0.4, 0.5) is 0 Å². The van der Waals surface area contributed by atoms with E-state index in [1.54, 1.807) is 13.2 Å². The molecule has 0 unspecified atom stereocenters. The lowest BCUT2D eigenvalue weighted by molar-refractivity contribution is 0.101. The molecule has 0 spiro atoms. The van der Waals surface area contributed by atoms with E-state index in [0.717, 1.165) is 16.5 Å². The van der Waals surface area contributed by atoms with E-state index in [-0.39, 0.29) is 11.5 Å². The molecule has 0 bridgehead atoms. The molecule has 0 N–H and O–H groups in total. The molecule has 0 amide bonds. The first kappa shape index (κ1) is 20.0. The molecule has 0 aliphatic carbocycles. The highest BCUT2D eigenvalue weighted by Crippen LogP contribution is 2.29. The summed E-state index contributed by atoms with van der Waals surface area (Å²) in [5.74, 6) is 0.853. The number of halogens is 1. The molecule has 0 aliphatic rings. The average Bonchev–Trinajstić information content (AvgIpc) is 3.46. The molecule has 0 saturated heterocycles. The van der Waals surface area contributed by atoms with Crippen molar-refractivity contribution in [1.82, 2.24) is 19.7 Å². The summed E-state index contributed by atoms with van der Waals surface area (Å²) in [7, 11) is 1.60. The Morgan fingerprint density at radius 1 is 1.09 bits per heavy atom. The van der Waals surface area contributed by atoms with E-state index >= 15 is 0 Å². The second kappa shape index (κ2) is 8.28. The summed E-state index contributed by atoms with van der Waals surface area (Å²) in [5, 5.41) is 9.01. The van der Waals surface area contributed by atoms with Crippen molar-refractivity contribution < 1.29 is 13.9 Å². The number of ether oxygens (including phenoxy) is 1. The van der Waals surface area contributed by atoms with Gasteiger partial charge in [0.25, 0.3) is 0 Å². The van der Waals surface area contributed by atoms with Gasteiger partial charge in [0.1, 0.15) is 5.75 Å². The average molecular weight is 445 g/mol. The summed E-state index contributed by atoms with van der Waals surface area (Å²) in [6.07, 6.45) is 6.33. The van der Waals surface area contributed by atoms with Crippen LogP contribution in [0.25, 0.3) is 22.4 Å². The zero-order valence-corrected chi connectivity index (χ0v) is 17.8. The van der Waals surface area contributed by atoms with Crippen LogP contribution in [0.5, 0.6) is 5.75 Å². The fourth-order valence-corrected chi connectivity index (χ4v) is 3.69. The van der Waals surface area contributed by atoms with Crippen LogP contribution in [-0.4, -0.2) is 32.6 Å². The standard InChI is InChI=1S/C24H17ClN4O3/c1-31-18-6-7-21-19(10-18)20(14-29(21)13-15-2-4-17(25)5-3-15)23(30)22-12-26-24(32-22)16-8-9-27-28-11-16/h2-12,14H,13H2,1H3. The van der Waals surface area contributed by atoms with Crippen molar-refractivity contribution in [2.24, 2.45) is 0 Å². The third-order valence-electron chi connectivity index (χ3n) is 5.16. The minimum Gasteiger partial charge on any atom is -0.497 e. The van der Waals surface area contributed by atoms with Gasteiger partial charge < -0.3 is 13.7 Å². The molecule has 0 fully saturated rings. The highest BCUT2D eigenvalue weighted by Gasteiger charge is 2.21. The molecule has 0 saturated carbocycles. The minimum absolute atomic E-state index is 0.144. The van der Waals surface area contributed by atoms with Gasteiger partial charge in [0, 0.05) is 28.7 Å². The van der Waals surface area contributed by atoms with Gasteiger partial charge in [-0.1, -0.05) is 23.7 Å². The molecule has 3 aromatic heterocycles. The van der Waals surface area contributed by atoms with Gasteiger partial charge in [-0.05, 0) is 42.0 Å². The molecule has 8 heteroatoms. The van der Waals surface area contributed by atoms with Crippen LogP contribution < -0.4 is 4.74 Å². The number of benzene rings is 2. The van der Waals surface area contributed by atoms with Crippen molar-refractivity contribution in [3.63, 3.8) is 0 Å². The Bertz CT molecular complexity index is 1410. The first-order valence-electron chi connectivity index (χ1n) is 9.81. The number of aromatic nitrogens is 4. The zero-order valence-electron chi connectivity index (χ0n) is 17.0. The fourth-order valence-electron chi connectivity index (χ4n) is 3.56. The Labute approximate surface area is 188 Å².